The Hall–Kier alpha value is -3.60. The van der Waals surface area contributed by atoms with Gasteiger partial charge in [0.05, 0.1) is 11.0 Å². The highest BCUT2D eigenvalue weighted by Crippen LogP contribution is 2.41. The lowest BCUT2D eigenvalue weighted by molar-refractivity contribution is 0.669. The first-order valence-electron chi connectivity index (χ1n) is 11.2. The quantitative estimate of drug-likeness (QED) is 0.212. The summed E-state index contributed by atoms with van der Waals surface area (Å²) >= 11 is 5.60. The van der Waals surface area contributed by atoms with Crippen molar-refractivity contribution in [1.29, 1.82) is 0 Å². The lowest BCUT2D eigenvalue weighted by Crippen LogP contribution is -1.93. The van der Waals surface area contributed by atoms with E-state index in [1.54, 1.807) is 0 Å². The second-order valence-corrected chi connectivity index (χ2v) is 10.6. The summed E-state index contributed by atoms with van der Waals surface area (Å²) in [5.74, 6) is 0. The summed E-state index contributed by atoms with van der Waals surface area (Å²) in [6.45, 7) is 0. The van der Waals surface area contributed by atoms with Gasteiger partial charge in [0.15, 0.2) is 0 Å². The number of fused-ring (bicyclic) bond motifs is 9. The van der Waals surface area contributed by atoms with Gasteiger partial charge in [-0.15, -0.1) is 11.3 Å². The molecule has 0 atom stereocenters. The number of thiophene rings is 1. The van der Waals surface area contributed by atoms with Gasteiger partial charge in [-0.1, -0.05) is 58.4 Å². The third-order valence-corrected chi connectivity index (χ3v) is 8.65. The Kier molecular flexibility index (Phi) is 3.71. The summed E-state index contributed by atoms with van der Waals surface area (Å²) in [5.41, 5.74) is 5.37. The van der Waals surface area contributed by atoms with Crippen LogP contribution in [-0.4, -0.2) is 4.57 Å². The number of hydrogen-bond donors (Lipinski definition) is 0. The molecular formula is C30H16BrNOS. The zero-order valence-electron chi connectivity index (χ0n) is 17.9. The monoisotopic (exact) mass is 517 g/mol. The zero-order chi connectivity index (χ0) is 22.4. The van der Waals surface area contributed by atoms with Gasteiger partial charge in [-0.2, -0.15) is 0 Å². The molecule has 8 aromatic rings. The Morgan fingerprint density at radius 1 is 0.588 bits per heavy atom. The van der Waals surface area contributed by atoms with Gasteiger partial charge in [-0.3, -0.25) is 0 Å². The maximum absolute atomic E-state index is 6.14. The van der Waals surface area contributed by atoms with Crippen LogP contribution in [0.25, 0.3) is 69.6 Å². The Morgan fingerprint density at radius 3 is 2.38 bits per heavy atom. The molecular weight excluding hydrogens is 502 g/mol. The molecule has 0 radical (unpaired) electrons. The van der Waals surface area contributed by atoms with Crippen molar-refractivity contribution < 1.29 is 4.42 Å². The Bertz CT molecular complexity index is 2090. The van der Waals surface area contributed by atoms with Crippen LogP contribution in [0.3, 0.4) is 0 Å². The van der Waals surface area contributed by atoms with Crippen molar-refractivity contribution in [3.8, 4) is 5.69 Å². The van der Waals surface area contributed by atoms with Crippen LogP contribution >= 0.6 is 27.3 Å². The molecule has 0 aliphatic rings. The van der Waals surface area contributed by atoms with E-state index in [4.69, 9.17) is 4.42 Å². The van der Waals surface area contributed by atoms with Crippen molar-refractivity contribution in [3.63, 3.8) is 0 Å². The minimum Gasteiger partial charge on any atom is -0.456 e. The van der Waals surface area contributed by atoms with Crippen molar-refractivity contribution in [1.82, 2.24) is 4.57 Å². The first-order valence-corrected chi connectivity index (χ1v) is 12.8. The third kappa shape index (κ3) is 2.44. The number of halogens is 1. The van der Waals surface area contributed by atoms with Gasteiger partial charge in [0, 0.05) is 51.9 Å². The normalized spacial score (nSPS) is 12.3. The minimum atomic E-state index is 0.898. The predicted octanol–water partition coefficient (Wildman–Crippen LogP) is 9.81. The van der Waals surface area contributed by atoms with E-state index >= 15 is 0 Å². The lowest BCUT2D eigenvalue weighted by atomic mass is 10.1. The fourth-order valence-electron chi connectivity index (χ4n) is 5.38. The predicted molar refractivity (Wildman–Crippen MR) is 149 cm³/mol. The largest absolute Gasteiger partial charge is 0.456 e. The van der Waals surface area contributed by atoms with E-state index in [1.807, 2.05) is 23.5 Å². The Labute approximate surface area is 206 Å². The summed E-state index contributed by atoms with van der Waals surface area (Å²) in [6, 6.07) is 34.8. The molecule has 8 rings (SSSR count). The molecule has 0 aliphatic carbocycles. The van der Waals surface area contributed by atoms with Crippen LogP contribution in [0.2, 0.25) is 0 Å². The summed E-state index contributed by atoms with van der Waals surface area (Å²) < 4.78 is 12.2. The molecule has 2 nitrogen and oxygen atoms in total. The molecule has 0 spiro atoms. The summed E-state index contributed by atoms with van der Waals surface area (Å²) in [6.07, 6.45) is 0. The zero-order valence-corrected chi connectivity index (χ0v) is 20.3. The third-order valence-electron chi connectivity index (χ3n) is 6.86. The number of furan rings is 1. The van der Waals surface area contributed by atoms with Crippen LogP contribution in [0.1, 0.15) is 0 Å². The van der Waals surface area contributed by atoms with Crippen LogP contribution in [0.5, 0.6) is 0 Å². The van der Waals surface area contributed by atoms with Gasteiger partial charge in [-0.25, -0.2) is 0 Å². The van der Waals surface area contributed by atoms with Crippen molar-refractivity contribution >= 4 is 91.2 Å². The molecule has 5 aromatic carbocycles. The maximum Gasteiger partial charge on any atom is 0.136 e. The number of nitrogens with zero attached hydrogens (tertiary/aromatic N) is 1. The van der Waals surface area contributed by atoms with E-state index in [9.17, 15) is 0 Å². The molecule has 0 amide bonds. The van der Waals surface area contributed by atoms with Crippen molar-refractivity contribution in [2.75, 3.05) is 0 Å². The molecule has 0 N–H and O–H groups in total. The van der Waals surface area contributed by atoms with E-state index in [0.717, 1.165) is 32.1 Å². The Balaban J connectivity index is 1.53. The molecule has 34 heavy (non-hydrogen) atoms. The standard InChI is InChI=1S/C30H16BrNOS/c31-23-8-5-10-27-30(23)22-14-17(12-13-26(22)33-27)32-24-9-3-1-6-18(24)20-16-29-21(15-25(20)32)19-7-2-4-11-28(19)34-29/h1-16H. The number of para-hydroxylation sites is 1. The van der Waals surface area contributed by atoms with Gasteiger partial charge in [0.25, 0.3) is 0 Å². The van der Waals surface area contributed by atoms with Gasteiger partial charge >= 0.3 is 0 Å². The topological polar surface area (TPSA) is 18.1 Å². The lowest BCUT2D eigenvalue weighted by Gasteiger charge is -2.08. The SMILES string of the molecule is Brc1cccc2oc3ccc(-n4c5ccccc5c5cc6sc7ccccc7c6cc54)cc3c12. The van der Waals surface area contributed by atoms with E-state index in [-0.39, 0.29) is 0 Å². The molecule has 0 saturated heterocycles. The molecule has 160 valence electrons. The second-order valence-electron chi connectivity index (χ2n) is 8.71. The highest BCUT2D eigenvalue weighted by Gasteiger charge is 2.17. The fraction of sp³-hybridized carbons (Fsp3) is 0. The second kappa shape index (κ2) is 6.72. The van der Waals surface area contributed by atoms with E-state index < -0.39 is 0 Å². The smallest absolute Gasteiger partial charge is 0.136 e. The maximum atomic E-state index is 6.14. The first kappa shape index (κ1) is 18.8. The average molecular weight is 518 g/mol. The fourth-order valence-corrected chi connectivity index (χ4v) is 7.06. The summed E-state index contributed by atoms with van der Waals surface area (Å²) in [4.78, 5) is 0. The van der Waals surface area contributed by atoms with Crippen molar-refractivity contribution in [3.05, 3.63) is 102 Å². The molecule has 3 heterocycles. The van der Waals surface area contributed by atoms with E-state index in [0.29, 0.717) is 0 Å². The van der Waals surface area contributed by atoms with Crippen molar-refractivity contribution in [2.45, 2.75) is 0 Å². The molecule has 3 aromatic heterocycles. The van der Waals surface area contributed by atoms with Crippen molar-refractivity contribution in [2.24, 2.45) is 0 Å². The van der Waals surface area contributed by atoms with Crippen LogP contribution in [0.4, 0.5) is 0 Å². The van der Waals surface area contributed by atoms with Gasteiger partial charge in [0.1, 0.15) is 11.2 Å². The number of hydrogen-bond acceptors (Lipinski definition) is 2. The van der Waals surface area contributed by atoms with Gasteiger partial charge < -0.3 is 8.98 Å². The van der Waals surface area contributed by atoms with E-state index in [2.05, 4.69) is 105 Å². The van der Waals surface area contributed by atoms with E-state index in [1.165, 1.54) is 42.0 Å². The summed E-state index contributed by atoms with van der Waals surface area (Å²) in [7, 11) is 0. The van der Waals surface area contributed by atoms with Gasteiger partial charge in [0.2, 0.25) is 0 Å². The molecule has 0 bridgehead atoms. The highest BCUT2D eigenvalue weighted by atomic mass is 79.9. The Morgan fingerprint density at radius 2 is 1.44 bits per heavy atom. The average Bonchev–Trinajstić information content (AvgIpc) is 3.52. The van der Waals surface area contributed by atoms with Crippen LogP contribution in [-0.2, 0) is 0 Å². The van der Waals surface area contributed by atoms with Crippen LogP contribution < -0.4 is 0 Å². The highest BCUT2D eigenvalue weighted by molar-refractivity contribution is 9.10. The molecule has 0 aliphatic heterocycles. The summed E-state index contributed by atoms with van der Waals surface area (Å²) in [5, 5.41) is 7.43. The number of benzene rings is 5. The molecule has 0 saturated carbocycles. The van der Waals surface area contributed by atoms with Gasteiger partial charge in [-0.05, 0) is 54.6 Å². The van der Waals surface area contributed by atoms with Crippen LogP contribution in [0, 0.1) is 0 Å². The first-order chi connectivity index (χ1) is 16.8. The number of aromatic nitrogens is 1. The number of rotatable bonds is 1. The van der Waals surface area contributed by atoms with Crippen LogP contribution in [0.15, 0.2) is 106 Å². The molecule has 4 heteroatoms. The molecule has 0 fully saturated rings. The minimum absolute atomic E-state index is 0.898. The molecule has 0 unspecified atom stereocenters.